The van der Waals surface area contributed by atoms with Crippen molar-refractivity contribution in [3.05, 3.63) is 0 Å². The van der Waals surface area contributed by atoms with Crippen LogP contribution in [0.4, 0.5) is 0 Å². The predicted molar refractivity (Wildman–Crippen MR) is 49.9 cm³/mol. The van der Waals surface area contributed by atoms with Crippen LogP contribution in [0.2, 0.25) is 0 Å². The summed E-state index contributed by atoms with van der Waals surface area (Å²) in [5.41, 5.74) is 0. The van der Waals surface area contributed by atoms with Crippen LogP contribution in [0.1, 0.15) is 19.8 Å². The molecule has 0 radical (unpaired) electrons. The molecule has 72 valence electrons. The van der Waals surface area contributed by atoms with Crippen molar-refractivity contribution in [2.24, 2.45) is 5.92 Å². The third kappa shape index (κ3) is 3.52. The maximum atomic E-state index is 8.52. The van der Waals surface area contributed by atoms with Gasteiger partial charge in [0.1, 0.15) is 0 Å². The van der Waals surface area contributed by atoms with Crippen molar-refractivity contribution in [3.8, 4) is 0 Å². The molecule has 0 unspecified atom stereocenters. The van der Waals surface area contributed by atoms with E-state index in [0.29, 0.717) is 0 Å². The average molecular weight is 172 g/mol. The molecule has 1 saturated heterocycles. The predicted octanol–water partition coefficient (Wildman–Crippen LogP) is 0.258. The lowest BCUT2D eigenvalue weighted by Crippen LogP contribution is -2.38. The minimum Gasteiger partial charge on any atom is -0.381 e. The molecule has 1 aliphatic rings. The lowest BCUT2D eigenvalue weighted by atomic mass is 10.0. The Morgan fingerprint density at radius 1 is 1.58 bits per heavy atom. The molecule has 0 saturated carbocycles. The van der Waals surface area contributed by atoms with Crippen LogP contribution in [-0.2, 0) is 0 Å². The fourth-order valence-electron chi connectivity index (χ4n) is 1.81. The molecule has 0 aromatic rings. The molecule has 0 bridgehead atoms. The highest BCUT2D eigenvalue weighted by Crippen LogP contribution is 2.14. The molecule has 1 rings (SSSR count). The van der Waals surface area contributed by atoms with Gasteiger partial charge in [0.15, 0.2) is 0 Å². The van der Waals surface area contributed by atoms with E-state index >= 15 is 0 Å². The van der Waals surface area contributed by atoms with Gasteiger partial charge in [0, 0.05) is 19.6 Å². The zero-order valence-electron chi connectivity index (χ0n) is 7.92. The molecule has 2 N–H and O–H groups in total. The molecule has 1 atom stereocenters. The Hall–Kier alpha value is -0.120. The standard InChI is InChI=1S/C9H20N2O/c1-9-3-2-5-11(7-9)6-4-10-8-12/h9-10,12H,2-8H2,1H3/t9-/m1/s1. The number of aliphatic hydroxyl groups is 1. The summed E-state index contributed by atoms with van der Waals surface area (Å²) in [5.74, 6) is 0.855. The Morgan fingerprint density at radius 3 is 3.08 bits per heavy atom. The zero-order valence-corrected chi connectivity index (χ0v) is 7.92. The zero-order chi connectivity index (χ0) is 8.81. The van der Waals surface area contributed by atoms with Crippen LogP contribution < -0.4 is 5.32 Å². The minimum atomic E-state index is 0.101. The highest BCUT2D eigenvalue weighted by atomic mass is 16.3. The Balaban J connectivity index is 2.06. The summed E-state index contributed by atoms with van der Waals surface area (Å²) in [6.45, 7) is 6.85. The molecular formula is C9H20N2O. The monoisotopic (exact) mass is 172 g/mol. The van der Waals surface area contributed by atoms with E-state index in [9.17, 15) is 0 Å². The third-order valence-electron chi connectivity index (χ3n) is 2.46. The fraction of sp³-hybridized carbons (Fsp3) is 1.00. The van der Waals surface area contributed by atoms with Gasteiger partial charge in [0.05, 0.1) is 6.73 Å². The van der Waals surface area contributed by atoms with E-state index in [0.717, 1.165) is 19.0 Å². The molecule has 3 nitrogen and oxygen atoms in total. The lowest BCUT2D eigenvalue weighted by Gasteiger charge is -2.30. The summed E-state index contributed by atoms with van der Waals surface area (Å²) in [7, 11) is 0. The number of hydrogen-bond donors (Lipinski definition) is 2. The summed E-state index contributed by atoms with van der Waals surface area (Å²) >= 11 is 0. The number of likely N-dealkylation sites (tertiary alicyclic amines) is 1. The van der Waals surface area contributed by atoms with Crippen molar-refractivity contribution in [2.75, 3.05) is 32.9 Å². The van der Waals surface area contributed by atoms with E-state index < -0.39 is 0 Å². The molecule has 0 aliphatic carbocycles. The normalized spacial score (nSPS) is 26.0. The van der Waals surface area contributed by atoms with Gasteiger partial charge in [-0.05, 0) is 25.3 Å². The van der Waals surface area contributed by atoms with Gasteiger partial charge < -0.3 is 10.0 Å². The van der Waals surface area contributed by atoms with Gasteiger partial charge in [-0.25, -0.2) is 0 Å². The Bertz CT molecular complexity index is 119. The first-order valence-corrected chi connectivity index (χ1v) is 4.87. The first kappa shape index (κ1) is 9.96. The molecule has 1 fully saturated rings. The van der Waals surface area contributed by atoms with Gasteiger partial charge in [-0.2, -0.15) is 0 Å². The molecule has 1 aliphatic heterocycles. The number of rotatable bonds is 4. The van der Waals surface area contributed by atoms with E-state index in [2.05, 4.69) is 17.1 Å². The van der Waals surface area contributed by atoms with Crippen molar-refractivity contribution in [2.45, 2.75) is 19.8 Å². The summed E-state index contributed by atoms with van der Waals surface area (Å²) < 4.78 is 0. The van der Waals surface area contributed by atoms with Gasteiger partial charge in [0.2, 0.25) is 0 Å². The molecule has 12 heavy (non-hydrogen) atoms. The molecule has 1 heterocycles. The number of nitrogens with zero attached hydrogens (tertiary/aromatic N) is 1. The van der Waals surface area contributed by atoms with Crippen molar-refractivity contribution < 1.29 is 5.11 Å². The van der Waals surface area contributed by atoms with Crippen LogP contribution in [0.25, 0.3) is 0 Å². The maximum absolute atomic E-state index is 8.52. The number of hydrogen-bond acceptors (Lipinski definition) is 3. The number of aliphatic hydroxyl groups excluding tert-OH is 1. The largest absolute Gasteiger partial charge is 0.381 e. The third-order valence-corrected chi connectivity index (χ3v) is 2.46. The fourth-order valence-corrected chi connectivity index (χ4v) is 1.81. The van der Waals surface area contributed by atoms with Gasteiger partial charge in [0.25, 0.3) is 0 Å². The van der Waals surface area contributed by atoms with Crippen LogP contribution in [0.3, 0.4) is 0 Å². The lowest BCUT2D eigenvalue weighted by molar-refractivity contribution is 0.176. The van der Waals surface area contributed by atoms with E-state index in [1.165, 1.54) is 25.9 Å². The molecule has 0 amide bonds. The van der Waals surface area contributed by atoms with Gasteiger partial charge in [-0.3, -0.25) is 5.32 Å². The first-order chi connectivity index (χ1) is 5.83. The summed E-state index contributed by atoms with van der Waals surface area (Å²) in [5, 5.41) is 11.4. The van der Waals surface area contributed by atoms with Crippen LogP contribution in [-0.4, -0.2) is 42.9 Å². The maximum Gasteiger partial charge on any atom is 0.0931 e. The van der Waals surface area contributed by atoms with Gasteiger partial charge in [-0.1, -0.05) is 6.92 Å². The molecule has 0 aromatic heterocycles. The van der Waals surface area contributed by atoms with Crippen LogP contribution in [0.15, 0.2) is 0 Å². The molecule has 0 aromatic carbocycles. The highest BCUT2D eigenvalue weighted by molar-refractivity contribution is 4.69. The Morgan fingerprint density at radius 2 is 2.42 bits per heavy atom. The van der Waals surface area contributed by atoms with E-state index in [1.807, 2.05) is 0 Å². The summed E-state index contributed by atoms with van der Waals surface area (Å²) in [6, 6.07) is 0. The topological polar surface area (TPSA) is 35.5 Å². The smallest absolute Gasteiger partial charge is 0.0931 e. The van der Waals surface area contributed by atoms with Crippen LogP contribution in [0.5, 0.6) is 0 Å². The second-order valence-electron chi connectivity index (χ2n) is 3.71. The van der Waals surface area contributed by atoms with Crippen molar-refractivity contribution >= 4 is 0 Å². The Labute approximate surface area is 74.8 Å². The average Bonchev–Trinajstić information content (AvgIpc) is 2.05. The van der Waals surface area contributed by atoms with E-state index in [1.54, 1.807) is 0 Å². The summed E-state index contributed by atoms with van der Waals surface area (Å²) in [6.07, 6.45) is 2.71. The SMILES string of the molecule is C[C@@H]1CCCN(CCNCO)C1. The molecular weight excluding hydrogens is 152 g/mol. The molecule has 3 heteroatoms. The first-order valence-electron chi connectivity index (χ1n) is 4.87. The van der Waals surface area contributed by atoms with Gasteiger partial charge >= 0.3 is 0 Å². The van der Waals surface area contributed by atoms with Crippen molar-refractivity contribution in [3.63, 3.8) is 0 Å². The summed E-state index contributed by atoms with van der Waals surface area (Å²) in [4.78, 5) is 2.47. The molecule has 0 spiro atoms. The van der Waals surface area contributed by atoms with E-state index in [-0.39, 0.29) is 6.73 Å². The van der Waals surface area contributed by atoms with Crippen molar-refractivity contribution in [1.82, 2.24) is 10.2 Å². The highest BCUT2D eigenvalue weighted by Gasteiger charge is 2.14. The van der Waals surface area contributed by atoms with E-state index in [4.69, 9.17) is 5.11 Å². The number of piperidine rings is 1. The minimum absolute atomic E-state index is 0.101. The second kappa shape index (κ2) is 5.51. The second-order valence-corrected chi connectivity index (χ2v) is 3.71. The van der Waals surface area contributed by atoms with Crippen LogP contribution >= 0.6 is 0 Å². The van der Waals surface area contributed by atoms with Gasteiger partial charge in [-0.15, -0.1) is 0 Å². The Kier molecular flexibility index (Phi) is 4.58. The van der Waals surface area contributed by atoms with Crippen molar-refractivity contribution in [1.29, 1.82) is 0 Å². The quantitative estimate of drug-likeness (QED) is 0.471. The van der Waals surface area contributed by atoms with Crippen LogP contribution in [0, 0.1) is 5.92 Å². The number of nitrogens with one attached hydrogen (secondary N) is 1.